The summed E-state index contributed by atoms with van der Waals surface area (Å²) in [6, 6.07) is 6.42. The zero-order valence-corrected chi connectivity index (χ0v) is 13.4. The third-order valence-electron chi connectivity index (χ3n) is 3.11. The van der Waals surface area contributed by atoms with Crippen LogP contribution in [0.1, 0.15) is 25.8 Å². The summed E-state index contributed by atoms with van der Waals surface area (Å²) in [6.45, 7) is 8.30. The third kappa shape index (κ3) is 5.39. The van der Waals surface area contributed by atoms with E-state index in [-0.39, 0.29) is 6.29 Å². The molecule has 0 aliphatic heterocycles. The number of nitrogens with one attached hydrogen (secondary N) is 1. The van der Waals surface area contributed by atoms with Gasteiger partial charge in [-0.15, -0.1) is 0 Å². The first-order valence-corrected chi connectivity index (χ1v) is 7.33. The van der Waals surface area contributed by atoms with Crippen LogP contribution in [-0.4, -0.2) is 40.1 Å². The molecule has 20 heavy (non-hydrogen) atoms. The van der Waals surface area contributed by atoms with E-state index in [4.69, 9.17) is 9.47 Å². The van der Waals surface area contributed by atoms with E-state index in [2.05, 4.69) is 49.4 Å². The quantitative estimate of drug-likeness (QED) is 0.704. The van der Waals surface area contributed by atoms with Gasteiger partial charge in [-0.1, -0.05) is 6.07 Å². The normalized spacial score (nSPS) is 10.9. The molecule has 114 valence electrons. The molecule has 1 aromatic carbocycles. The Bertz CT molecular complexity index is 388. The van der Waals surface area contributed by atoms with Crippen LogP contribution in [0.3, 0.4) is 0 Å². The Morgan fingerprint density at radius 3 is 2.35 bits per heavy atom. The molecule has 0 radical (unpaired) electrons. The van der Waals surface area contributed by atoms with Crippen molar-refractivity contribution < 1.29 is 9.47 Å². The Morgan fingerprint density at radius 1 is 1.15 bits per heavy atom. The topological polar surface area (TPSA) is 33.7 Å². The van der Waals surface area contributed by atoms with Crippen LogP contribution >= 0.6 is 0 Å². The summed E-state index contributed by atoms with van der Waals surface area (Å²) in [5.41, 5.74) is 3.65. The molecular formula is C16H28N2O2. The number of hydrogen-bond acceptors (Lipinski definition) is 4. The zero-order valence-electron chi connectivity index (χ0n) is 13.4. The number of nitrogens with zero attached hydrogens (tertiary/aromatic N) is 1. The monoisotopic (exact) mass is 280 g/mol. The van der Waals surface area contributed by atoms with Crippen molar-refractivity contribution in [3.05, 3.63) is 23.8 Å². The third-order valence-corrected chi connectivity index (χ3v) is 3.11. The van der Waals surface area contributed by atoms with E-state index in [1.807, 2.05) is 13.8 Å². The predicted molar refractivity (Wildman–Crippen MR) is 85.7 cm³/mol. The van der Waals surface area contributed by atoms with Crippen molar-refractivity contribution in [3.8, 4) is 0 Å². The first kappa shape index (κ1) is 16.8. The molecule has 1 aromatic rings. The summed E-state index contributed by atoms with van der Waals surface area (Å²) < 4.78 is 11.1. The molecular weight excluding hydrogens is 252 g/mol. The molecule has 0 heterocycles. The van der Waals surface area contributed by atoms with Crippen molar-refractivity contribution >= 4 is 11.4 Å². The maximum Gasteiger partial charge on any atom is 0.159 e. The molecule has 0 spiro atoms. The zero-order chi connectivity index (χ0) is 15.0. The van der Waals surface area contributed by atoms with Gasteiger partial charge in [0.15, 0.2) is 6.29 Å². The molecule has 0 unspecified atom stereocenters. The van der Waals surface area contributed by atoms with Crippen molar-refractivity contribution in [3.63, 3.8) is 0 Å². The highest BCUT2D eigenvalue weighted by molar-refractivity contribution is 5.61. The van der Waals surface area contributed by atoms with Crippen LogP contribution in [0.25, 0.3) is 0 Å². The minimum atomic E-state index is -0.115. The SMILES string of the molecule is CCOC(CCNc1ccc(C)c(N(C)C)c1)OCC. The first-order chi connectivity index (χ1) is 9.58. The van der Waals surface area contributed by atoms with Crippen LogP contribution in [0.2, 0.25) is 0 Å². The van der Waals surface area contributed by atoms with Gasteiger partial charge in [-0.05, 0) is 38.5 Å². The van der Waals surface area contributed by atoms with E-state index >= 15 is 0 Å². The van der Waals surface area contributed by atoms with Gasteiger partial charge in [0.05, 0.1) is 0 Å². The summed E-state index contributed by atoms with van der Waals surface area (Å²) in [4.78, 5) is 2.13. The molecule has 4 heteroatoms. The Kier molecular flexibility index (Phi) is 7.41. The van der Waals surface area contributed by atoms with Gasteiger partial charge in [-0.2, -0.15) is 0 Å². The number of benzene rings is 1. The standard InChI is InChI=1S/C16H28N2O2/c1-6-19-16(20-7-2)10-11-17-14-9-8-13(3)15(12-14)18(4)5/h8-9,12,16-17H,6-7,10-11H2,1-5H3. The fraction of sp³-hybridized carbons (Fsp3) is 0.625. The fourth-order valence-corrected chi connectivity index (χ4v) is 2.12. The van der Waals surface area contributed by atoms with Crippen molar-refractivity contribution in [2.24, 2.45) is 0 Å². The van der Waals surface area contributed by atoms with E-state index in [9.17, 15) is 0 Å². The molecule has 0 aromatic heterocycles. The van der Waals surface area contributed by atoms with Crippen molar-refractivity contribution in [2.75, 3.05) is 44.1 Å². The van der Waals surface area contributed by atoms with Crippen LogP contribution in [0.5, 0.6) is 0 Å². The maximum absolute atomic E-state index is 5.53. The summed E-state index contributed by atoms with van der Waals surface area (Å²) >= 11 is 0. The lowest BCUT2D eigenvalue weighted by atomic mass is 10.1. The predicted octanol–water partition coefficient (Wildman–Crippen LogP) is 3.26. The number of ether oxygens (including phenoxy) is 2. The Balaban J connectivity index is 2.50. The average Bonchev–Trinajstić information content (AvgIpc) is 2.41. The van der Waals surface area contributed by atoms with Crippen LogP contribution < -0.4 is 10.2 Å². The molecule has 0 saturated carbocycles. The van der Waals surface area contributed by atoms with Gasteiger partial charge < -0.3 is 19.7 Å². The minimum absolute atomic E-state index is 0.115. The molecule has 0 aliphatic carbocycles. The highest BCUT2D eigenvalue weighted by Crippen LogP contribution is 2.22. The fourth-order valence-electron chi connectivity index (χ4n) is 2.12. The smallest absolute Gasteiger partial charge is 0.159 e. The second kappa shape index (κ2) is 8.82. The number of anilines is 2. The molecule has 1 rings (SSSR count). The molecule has 0 saturated heterocycles. The second-order valence-electron chi connectivity index (χ2n) is 4.95. The number of aryl methyl sites for hydroxylation is 1. The minimum Gasteiger partial charge on any atom is -0.385 e. The van der Waals surface area contributed by atoms with Crippen molar-refractivity contribution in [2.45, 2.75) is 33.5 Å². The van der Waals surface area contributed by atoms with E-state index < -0.39 is 0 Å². The van der Waals surface area contributed by atoms with Crippen LogP contribution in [-0.2, 0) is 9.47 Å². The molecule has 4 nitrogen and oxygen atoms in total. The summed E-state index contributed by atoms with van der Waals surface area (Å²) in [7, 11) is 4.12. The Hall–Kier alpha value is -1.26. The summed E-state index contributed by atoms with van der Waals surface area (Å²) in [5, 5.41) is 3.43. The maximum atomic E-state index is 5.53. The first-order valence-electron chi connectivity index (χ1n) is 7.33. The van der Waals surface area contributed by atoms with Gasteiger partial charge in [0.25, 0.3) is 0 Å². The lowest BCUT2D eigenvalue weighted by molar-refractivity contribution is -0.137. The molecule has 0 bridgehead atoms. The summed E-state index contributed by atoms with van der Waals surface area (Å²) in [6.07, 6.45) is 0.726. The number of hydrogen-bond donors (Lipinski definition) is 1. The Labute approximate surface area is 123 Å². The Morgan fingerprint density at radius 2 is 1.80 bits per heavy atom. The number of rotatable bonds is 9. The van der Waals surface area contributed by atoms with Crippen LogP contribution in [0.4, 0.5) is 11.4 Å². The van der Waals surface area contributed by atoms with Crippen LogP contribution in [0.15, 0.2) is 18.2 Å². The van der Waals surface area contributed by atoms with Gasteiger partial charge in [0.2, 0.25) is 0 Å². The molecule has 1 N–H and O–H groups in total. The largest absolute Gasteiger partial charge is 0.385 e. The highest BCUT2D eigenvalue weighted by Gasteiger charge is 2.07. The van der Waals surface area contributed by atoms with E-state index in [0.717, 1.165) is 18.7 Å². The van der Waals surface area contributed by atoms with Crippen LogP contribution in [0, 0.1) is 6.92 Å². The highest BCUT2D eigenvalue weighted by atomic mass is 16.7. The molecule has 0 amide bonds. The molecule has 0 atom stereocenters. The van der Waals surface area contributed by atoms with Gasteiger partial charge in [-0.3, -0.25) is 0 Å². The van der Waals surface area contributed by atoms with Gasteiger partial charge in [0.1, 0.15) is 0 Å². The van der Waals surface area contributed by atoms with Crippen molar-refractivity contribution in [1.82, 2.24) is 0 Å². The van der Waals surface area contributed by atoms with E-state index in [1.165, 1.54) is 11.3 Å². The van der Waals surface area contributed by atoms with Gasteiger partial charge in [-0.25, -0.2) is 0 Å². The second-order valence-corrected chi connectivity index (χ2v) is 4.95. The van der Waals surface area contributed by atoms with E-state index in [1.54, 1.807) is 0 Å². The molecule has 0 aliphatic rings. The molecule has 0 fully saturated rings. The lowest BCUT2D eigenvalue weighted by Gasteiger charge is -2.19. The van der Waals surface area contributed by atoms with E-state index in [0.29, 0.717) is 13.2 Å². The van der Waals surface area contributed by atoms with Gasteiger partial charge in [0, 0.05) is 51.6 Å². The summed E-state index contributed by atoms with van der Waals surface area (Å²) in [5.74, 6) is 0. The van der Waals surface area contributed by atoms with Gasteiger partial charge >= 0.3 is 0 Å². The average molecular weight is 280 g/mol. The lowest BCUT2D eigenvalue weighted by Crippen LogP contribution is -2.21. The van der Waals surface area contributed by atoms with Crippen molar-refractivity contribution in [1.29, 1.82) is 0 Å².